The zero-order valence-electron chi connectivity index (χ0n) is 23.2. The Balaban J connectivity index is 1.59. The van der Waals surface area contributed by atoms with Gasteiger partial charge in [0.05, 0.1) is 39.1 Å². The van der Waals surface area contributed by atoms with E-state index in [1.54, 1.807) is 22.8 Å². The topological polar surface area (TPSA) is 79.1 Å². The number of carbonyl (C=O) groups is 1. The van der Waals surface area contributed by atoms with Crippen LogP contribution in [0.4, 0.5) is 4.39 Å². The Hall–Kier alpha value is -3.77. The number of allylic oxidation sites excluding steroid dienone is 1. The molecule has 0 saturated carbocycles. The number of halogens is 2. The Morgan fingerprint density at radius 2 is 1.83 bits per heavy atom. The number of esters is 1. The minimum atomic E-state index is -0.659. The summed E-state index contributed by atoms with van der Waals surface area (Å²) in [4.78, 5) is 32.1. The maximum Gasteiger partial charge on any atom is 0.338 e. The van der Waals surface area contributed by atoms with Gasteiger partial charge in [-0.1, -0.05) is 60.7 Å². The molecule has 0 aliphatic carbocycles. The summed E-state index contributed by atoms with van der Waals surface area (Å²) < 4.78 is 33.2. The van der Waals surface area contributed by atoms with Crippen LogP contribution in [0.1, 0.15) is 43.0 Å². The molecule has 3 aromatic carbocycles. The first-order chi connectivity index (χ1) is 20.3. The number of carbonyl (C=O) groups excluding carboxylic acids is 1. The average molecular weight is 699 g/mol. The summed E-state index contributed by atoms with van der Waals surface area (Å²) in [5, 5.41) is 0. The highest BCUT2D eigenvalue weighted by Gasteiger charge is 2.33. The van der Waals surface area contributed by atoms with Gasteiger partial charge in [0.2, 0.25) is 0 Å². The first-order valence-corrected chi connectivity index (χ1v) is 15.3. The van der Waals surface area contributed by atoms with Crippen molar-refractivity contribution in [2.24, 2.45) is 4.99 Å². The van der Waals surface area contributed by atoms with Crippen molar-refractivity contribution >= 4 is 46.0 Å². The van der Waals surface area contributed by atoms with Gasteiger partial charge in [-0.3, -0.25) is 9.36 Å². The maximum absolute atomic E-state index is 13.9. The van der Waals surface area contributed by atoms with Crippen molar-refractivity contribution in [2.45, 2.75) is 32.9 Å². The Morgan fingerprint density at radius 3 is 2.50 bits per heavy atom. The number of fused-ring (bicyclic) bond motifs is 1. The molecular weight excluding hydrogens is 670 g/mol. The summed E-state index contributed by atoms with van der Waals surface area (Å²) >= 11 is 3.45. The molecule has 2 heterocycles. The molecule has 1 aliphatic heterocycles. The van der Waals surface area contributed by atoms with Crippen LogP contribution in [0.5, 0.6) is 11.5 Å². The second-order valence-electron chi connectivity index (χ2n) is 9.38. The molecule has 0 unspecified atom stereocenters. The quantitative estimate of drug-likeness (QED) is 0.170. The Kier molecular flexibility index (Phi) is 9.22. The van der Waals surface area contributed by atoms with Crippen molar-refractivity contribution in [3.8, 4) is 11.5 Å². The van der Waals surface area contributed by atoms with Gasteiger partial charge in [0, 0.05) is 0 Å². The number of methoxy groups -OCH3 is 1. The normalized spacial score (nSPS) is 14.8. The fourth-order valence-corrected chi connectivity index (χ4v) is 6.58. The lowest BCUT2D eigenvalue weighted by atomic mass is 9.95. The van der Waals surface area contributed by atoms with E-state index in [2.05, 4.69) is 22.6 Å². The summed E-state index contributed by atoms with van der Waals surface area (Å²) in [6.45, 7) is 4.47. The lowest BCUT2D eigenvalue weighted by molar-refractivity contribution is -0.136. The van der Waals surface area contributed by atoms with Crippen molar-refractivity contribution in [3.05, 3.63) is 124 Å². The lowest BCUT2D eigenvalue weighted by Crippen LogP contribution is -2.40. The molecule has 42 heavy (non-hydrogen) atoms. The molecule has 1 aliphatic rings. The Bertz CT molecular complexity index is 1830. The zero-order valence-corrected chi connectivity index (χ0v) is 26.2. The molecule has 0 spiro atoms. The van der Waals surface area contributed by atoms with E-state index in [-0.39, 0.29) is 18.0 Å². The molecule has 1 atom stereocenters. The molecule has 0 amide bonds. The number of ether oxygens (including phenoxy) is 3. The largest absolute Gasteiger partial charge is 0.490 e. The maximum atomic E-state index is 13.9. The SMILES string of the molecule is CCOc1cc(/C=c2\sc3n(c2=O)[C@@H](c2ccccc2)C(C(=O)OC)=C(CC)N=3)cc(I)c1OCc1ccc(F)cc1. The van der Waals surface area contributed by atoms with E-state index >= 15 is 0 Å². The minimum absolute atomic E-state index is 0.246. The van der Waals surface area contributed by atoms with Crippen molar-refractivity contribution < 1.29 is 23.4 Å². The molecule has 10 heteroatoms. The number of nitrogens with zero attached hydrogens (tertiary/aromatic N) is 2. The van der Waals surface area contributed by atoms with Crippen LogP contribution < -0.4 is 24.4 Å². The molecule has 5 rings (SSSR count). The van der Waals surface area contributed by atoms with E-state index in [1.165, 1.54) is 30.6 Å². The molecule has 7 nitrogen and oxygen atoms in total. The molecule has 0 radical (unpaired) electrons. The molecular formula is C32H28FIN2O5S. The van der Waals surface area contributed by atoms with Crippen LogP contribution in [0, 0.1) is 9.39 Å². The smallest absolute Gasteiger partial charge is 0.338 e. The minimum Gasteiger partial charge on any atom is -0.490 e. The Morgan fingerprint density at radius 1 is 1.10 bits per heavy atom. The summed E-state index contributed by atoms with van der Waals surface area (Å²) in [5.41, 5.74) is 3.07. The highest BCUT2D eigenvalue weighted by molar-refractivity contribution is 14.1. The van der Waals surface area contributed by atoms with Crippen molar-refractivity contribution in [3.63, 3.8) is 0 Å². The van der Waals surface area contributed by atoms with Gasteiger partial charge in [-0.2, -0.15) is 0 Å². The van der Waals surface area contributed by atoms with E-state index in [9.17, 15) is 14.0 Å². The number of hydrogen-bond donors (Lipinski definition) is 0. The fraction of sp³-hybridized carbons (Fsp3) is 0.219. The average Bonchev–Trinajstić information content (AvgIpc) is 3.30. The van der Waals surface area contributed by atoms with E-state index in [0.717, 1.165) is 20.3 Å². The number of aromatic nitrogens is 1. The first-order valence-electron chi connectivity index (χ1n) is 13.4. The predicted octanol–water partition coefficient (Wildman–Crippen LogP) is 5.52. The summed E-state index contributed by atoms with van der Waals surface area (Å²) in [5.74, 6) is 0.292. The second kappa shape index (κ2) is 13.0. The number of benzene rings is 3. The van der Waals surface area contributed by atoms with E-state index in [0.29, 0.717) is 45.1 Å². The van der Waals surface area contributed by atoms with Crippen molar-refractivity contribution in [1.82, 2.24) is 4.57 Å². The molecule has 0 saturated heterocycles. The third-order valence-electron chi connectivity index (χ3n) is 6.69. The van der Waals surface area contributed by atoms with Crippen LogP contribution in [0.15, 0.2) is 87.8 Å². The van der Waals surface area contributed by atoms with Crippen LogP contribution in [0.25, 0.3) is 6.08 Å². The summed E-state index contributed by atoms with van der Waals surface area (Å²) in [7, 11) is 1.33. The van der Waals surface area contributed by atoms with Crippen LogP contribution >= 0.6 is 33.9 Å². The molecule has 4 aromatic rings. The van der Waals surface area contributed by atoms with Crippen LogP contribution in [-0.4, -0.2) is 24.3 Å². The number of hydrogen-bond acceptors (Lipinski definition) is 7. The van der Waals surface area contributed by atoms with Gasteiger partial charge >= 0.3 is 5.97 Å². The zero-order chi connectivity index (χ0) is 29.8. The second-order valence-corrected chi connectivity index (χ2v) is 11.5. The van der Waals surface area contributed by atoms with E-state index in [4.69, 9.17) is 19.2 Å². The van der Waals surface area contributed by atoms with Gasteiger partial charge in [-0.25, -0.2) is 14.2 Å². The van der Waals surface area contributed by atoms with Crippen LogP contribution in [-0.2, 0) is 16.1 Å². The number of thiazole rings is 1. The van der Waals surface area contributed by atoms with Gasteiger partial charge in [-0.05, 0) is 83.0 Å². The molecule has 0 fully saturated rings. The van der Waals surface area contributed by atoms with Gasteiger partial charge < -0.3 is 14.2 Å². The first kappa shape index (κ1) is 29.7. The predicted molar refractivity (Wildman–Crippen MR) is 168 cm³/mol. The highest BCUT2D eigenvalue weighted by atomic mass is 127. The highest BCUT2D eigenvalue weighted by Crippen LogP contribution is 2.35. The van der Waals surface area contributed by atoms with Gasteiger partial charge in [0.25, 0.3) is 5.56 Å². The van der Waals surface area contributed by atoms with Crippen LogP contribution in [0.3, 0.4) is 0 Å². The Labute approximate surface area is 259 Å². The van der Waals surface area contributed by atoms with Crippen molar-refractivity contribution in [2.75, 3.05) is 13.7 Å². The third-order valence-corrected chi connectivity index (χ3v) is 8.48. The molecule has 0 bridgehead atoms. The summed E-state index contributed by atoms with van der Waals surface area (Å²) in [6.07, 6.45) is 2.31. The standard InChI is InChI=1S/C32H28FIN2O5S/c1-4-24-27(31(38)39-3)28(21-9-7-6-8-10-21)36-30(37)26(42-32(36)35-24)17-20-15-23(34)29(25(16-20)40-5-2)41-18-19-11-13-22(33)14-12-19/h6-17,28H,4-5,18H2,1-3H3/b26-17-/t28-/m0/s1. The van der Waals surface area contributed by atoms with Crippen LogP contribution in [0.2, 0.25) is 0 Å². The number of rotatable bonds is 9. The molecule has 216 valence electrons. The van der Waals surface area contributed by atoms with Gasteiger partial charge in [-0.15, -0.1) is 0 Å². The third kappa shape index (κ3) is 6.05. The monoisotopic (exact) mass is 698 g/mol. The molecule has 1 aromatic heterocycles. The lowest BCUT2D eigenvalue weighted by Gasteiger charge is -2.25. The van der Waals surface area contributed by atoms with Gasteiger partial charge in [0.1, 0.15) is 12.4 Å². The van der Waals surface area contributed by atoms with Crippen molar-refractivity contribution in [1.29, 1.82) is 0 Å². The molecule has 0 N–H and O–H groups in total. The summed E-state index contributed by atoms with van der Waals surface area (Å²) in [6, 6.07) is 18.7. The van der Waals surface area contributed by atoms with E-state index in [1.807, 2.05) is 56.3 Å². The fourth-order valence-electron chi connectivity index (χ4n) is 4.78. The van der Waals surface area contributed by atoms with E-state index < -0.39 is 12.0 Å². The van der Waals surface area contributed by atoms with Gasteiger partial charge in [0.15, 0.2) is 16.3 Å².